The molecule has 2 aromatic rings. The quantitative estimate of drug-likeness (QED) is 0.696. The van der Waals surface area contributed by atoms with E-state index in [1.165, 1.54) is 0 Å². The van der Waals surface area contributed by atoms with Gasteiger partial charge in [-0.15, -0.1) is 0 Å². The topological polar surface area (TPSA) is 73.4 Å². The van der Waals surface area contributed by atoms with Crippen LogP contribution in [0.5, 0.6) is 0 Å². The highest BCUT2D eigenvalue weighted by atomic mass is 35.5. The maximum Gasteiger partial charge on any atom is 0.238 e. The van der Waals surface area contributed by atoms with Gasteiger partial charge in [-0.3, -0.25) is 9.69 Å². The van der Waals surface area contributed by atoms with E-state index >= 15 is 0 Å². The van der Waals surface area contributed by atoms with Gasteiger partial charge in [0.1, 0.15) is 5.82 Å². The van der Waals surface area contributed by atoms with Gasteiger partial charge < -0.3 is 15.5 Å². The summed E-state index contributed by atoms with van der Waals surface area (Å²) in [6.45, 7) is 2.38. The number of hydrogen-bond acceptors (Lipinski definition) is 6. The summed E-state index contributed by atoms with van der Waals surface area (Å²) in [4.78, 5) is 25.6. The van der Waals surface area contributed by atoms with Crippen molar-refractivity contribution < 1.29 is 4.79 Å². The van der Waals surface area contributed by atoms with Gasteiger partial charge in [0.05, 0.1) is 6.54 Å². The molecule has 3 rings (SSSR count). The van der Waals surface area contributed by atoms with E-state index in [0.717, 1.165) is 42.8 Å². The van der Waals surface area contributed by atoms with Crippen molar-refractivity contribution in [2.24, 2.45) is 0 Å². The molecule has 1 saturated carbocycles. The van der Waals surface area contributed by atoms with Crippen LogP contribution in [0.3, 0.4) is 0 Å². The molecule has 162 valence electrons. The van der Waals surface area contributed by atoms with E-state index in [4.69, 9.17) is 11.6 Å². The minimum atomic E-state index is -0.0238. The molecule has 0 bridgehead atoms. The number of nitrogens with zero attached hydrogens (tertiary/aromatic N) is 4. The molecule has 0 spiro atoms. The third-order valence-electron chi connectivity index (χ3n) is 5.52. The molecule has 7 nitrogen and oxygen atoms in total. The van der Waals surface area contributed by atoms with Crippen LogP contribution in [0.15, 0.2) is 30.5 Å². The third-order valence-corrected chi connectivity index (χ3v) is 5.76. The molecule has 0 saturated heterocycles. The van der Waals surface area contributed by atoms with E-state index < -0.39 is 0 Å². The second-order valence-electron chi connectivity index (χ2n) is 8.22. The Morgan fingerprint density at radius 3 is 2.60 bits per heavy atom. The molecule has 1 aliphatic rings. The number of nitrogens with one attached hydrogen (secondary N) is 2. The summed E-state index contributed by atoms with van der Waals surface area (Å²) in [5.74, 6) is 1.60. The van der Waals surface area contributed by atoms with E-state index in [-0.39, 0.29) is 5.91 Å². The summed E-state index contributed by atoms with van der Waals surface area (Å²) >= 11 is 5.98. The summed E-state index contributed by atoms with van der Waals surface area (Å²) in [6.07, 6.45) is 5.98. The maximum absolute atomic E-state index is 12.4. The number of anilines is 3. The largest absolute Gasteiger partial charge is 0.362 e. The number of carbonyl (C=O) groups is 1. The Morgan fingerprint density at radius 1 is 1.20 bits per heavy atom. The minimum Gasteiger partial charge on any atom is -0.362 e. The Morgan fingerprint density at radius 2 is 1.93 bits per heavy atom. The first-order valence-corrected chi connectivity index (χ1v) is 10.7. The van der Waals surface area contributed by atoms with Crippen molar-refractivity contribution >= 4 is 35.0 Å². The van der Waals surface area contributed by atoms with E-state index in [1.807, 2.05) is 51.3 Å². The zero-order chi connectivity index (χ0) is 21.7. The maximum atomic E-state index is 12.4. The molecule has 1 heterocycles. The first-order valence-electron chi connectivity index (χ1n) is 10.3. The van der Waals surface area contributed by atoms with Crippen LogP contribution < -0.4 is 15.5 Å². The lowest BCUT2D eigenvalue weighted by Gasteiger charge is -2.34. The summed E-state index contributed by atoms with van der Waals surface area (Å²) in [6, 6.07) is 7.96. The van der Waals surface area contributed by atoms with Crippen LogP contribution in [0.4, 0.5) is 17.5 Å². The fourth-order valence-corrected chi connectivity index (χ4v) is 4.11. The van der Waals surface area contributed by atoms with Crippen molar-refractivity contribution in [3.8, 4) is 0 Å². The average Bonchev–Trinajstić information content (AvgIpc) is 2.69. The van der Waals surface area contributed by atoms with E-state index in [9.17, 15) is 4.79 Å². The van der Waals surface area contributed by atoms with Crippen LogP contribution in [-0.2, 0) is 4.79 Å². The first kappa shape index (κ1) is 22.3. The fraction of sp³-hybridized carbons (Fsp3) is 0.500. The number of aromatic nitrogens is 2. The van der Waals surface area contributed by atoms with Crippen molar-refractivity contribution in [2.45, 2.75) is 44.7 Å². The second-order valence-corrected chi connectivity index (χ2v) is 8.65. The van der Waals surface area contributed by atoms with Crippen molar-refractivity contribution in [1.82, 2.24) is 14.9 Å². The van der Waals surface area contributed by atoms with Crippen LogP contribution in [0.2, 0.25) is 5.02 Å². The first-order chi connectivity index (χ1) is 14.3. The molecule has 1 fully saturated rings. The van der Waals surface area contributed by atoms with Gasteiger partial charge >= 0.3 is 0 Å². The lowest BCUT2D eigenvalue weighted by atomic mass is 9.90. The summed E-state index contributed by atoms with van der Waals surface area (Å²) in [5, 5.41) is 7.01. The van der Waals surface area contributed by atoms with Crippen LogP contribution in [-0.4, -0.2) is 60.5 Å². The molecule has 8 heteroatoms. The number of likely N-dealkylation sites (N-methyl/N-ethyl adjacent to an activating group) is 1. The van der Waals surface area contributed by atoms with Gasteiger partial charge in [-0.2, -0.15) is 4.98 Å². The van der Waals surface area contributed by atoms with Gasteiger partial charge in [0.2, 0.25) is 11.9 Å². The molecule has 1 aromatic heterocycles. The summed E-state index contributed by atoms with van der Waals surface area (Å²) in [7, 11) is 5.99. The van der Waals surface area contributed by atoms with Gasteiger partial charge in [0, 0.05) is 48.6 Å². The Labute approximate surface area is 183 Å². The highest BCUT2D eigenvalue weighted by Crippen LogP contribution is 2.25. The molecule has 0 atom stereocenters. The zero-order valence-electron chi connectivity index (χ0n) is 18.2. The number of hydrogen-bond donors (Lipinski definition) is 2. The van der Waals surface area contributed by atoms with Crippen molar-refractivity contribution in [2.75, 3.05) is 43.2 Å². The van der Waals surface area contributed by atoms with Gasteiger partial charge in [0.15, 0.2) is 0 Å². The molecular formula is C22H31ClN6O. The molecular weight excluding hydrogens is 400 g/mol. The van der Waals surface area contributed by atoms with Crippen molar-refractivity contribution in [3.05, 3.63) is 41.0 Å². The third kappa shape index (κ3) is 6.06. The van der Waals surface area contributed by atoms with Gasteiger partial charge in [-0.1, -0.05) is 17.7 Å². The highest BCUT2D eigenvalue weighted by molar-refractivity contribution is 6.30. The highest BCUT2D eigenvalue weighted by Gasteiger charge is 2.25. The number of aryl methyl sites for hydroxylation is 1. The Kier molecular flexibility index (Phi) is 7.50. The van der Waals surface area contributed by atoms with Gasteiger partial charge in [-0.25, -0.2) is 4.98 Å². The number of halogens is 1. The van der Waals surface area contributed by atoms with Crippen LogP contribution in [0.1, 0.15) is 31.2 Å². The minimum absolute atomic E-state index is 0.0238. The second kappa shape index (κ2) is 10.1. The molecule has 1 amide bonds. The van der Waals surface area contributed by atoms with Crippen LogP contribution >= 0.6 is 11.6 Å². The number of benzene rings is 1. The number of amides is 1. The molecule has 0 aliphatic heterocycles. The lowest BCUT2D eigenvalue weighted by molar-refractivity contribution is -0.117. The molecule has 1 aromatic carbocycles. The van der Waals surface area contributed by atoms with Crippen molar-refractivity contribution in [1.29, 1.82) is 0 Å². The summed E-state index contributed by atoms with van der Waals surface area (Å²) in [5.41, 5.74) is 1.79. The van der Waals surface area contributed by atoms with Crippen LogP contribution in [0, 0.1) is 6.92 Å². The molecule has 30 heavy (non-hydrogen) atoms. The number of rotatable bonds is 7. The Balaban J connectivity index is 1.46. The molecule has 0 unspecified atom stereocenters. The smallest absolute Gasteiger partial charge is 0.238 e. The molecule has 2 N–H and O–H groups in total. The van der Waals surface area contributed by atoms with E-state index in [0.29, 0.717) is 29.6 Å². The van der Waals surface area contributed by atoms with E-state index in [1.54, 1.807) is 12.1 Å². The van der Waals surface area contributed by atoms with E-state index in [2.05, 4.69) is 25.5 Å². The lowest BCUT2D eigenvalue weighted by Crippen LogP contribution is -2.42. The fourth-order valence-electron chi connectivity index (χ4n) is 3.92. The van der Waals surface area contributed by atoms with Crippen LogP contribution in [0.25, 0.3) is 0 Å². The average molecular weight is 431 g/mol. The Hall–Kier alpha value is -2.38. The standard InChI is InChI=1S/C22H31ClN6O/c1-15-13-24-22(27-21(15)28(2)3)26-17-8-10-19(11-9-17)29(4)14-20(30)25-18-7-5-6-16(23)12-18/h5-7,12-13,17,19H,8-11,14H2,1-4H3,(H,25,30)(H,24,26,27). The Bertz CT molecular complexity index is 866. The normalized spacial score (nSPS) is 18.9. The van der Waals surface area contributed by atoms with Gasteiger partial charge in [-0.05, 0) is 57.9 Å². The zero-order valence-corrected chi connectivity index (χ0v) is 18.9. The summed E-state index contributed by atoms with van der Waals surface area (Å²) < 4.78 is 0. The van der Waals surface area contributed by atoms with Gasteiger partial charge in [0.25, 0.3) is 0 Å². The number of carbonyl (C=O) groups excluding carboxylic acids is 1. The predicted octanol–water partition coefficient (Wildman–Crippen LogP) is 3.80. The molecule has 0 radical (unpaired) electrons. The SMILES string of the molecule is Cc1cnc(NC2CCC(N(C)CC(=O)Nc3cccc(Cl)c3)CC2)nc1N(C)C. The molecule has 1 aliphatic carbocycles. The predicted molar refractivity (Wildman–Crippen MR) is 123 cm³/mol. The van der Waals surface area contributed by atoms with Crippen molar-refractivity contribution in [3.63, 3.8) is 0 Å². The monoisotopic (exact) mass is 430 g/mol.